The van der Waals surface area contributed by atoms with Crippen LogP contribution < -0.4 is 25.0 Å². The SMILES string of the molecule is c1ccc2c(c1)C1=NC2=Nc2[nH]c3c4c5c(ccc24)OB(O5)On2c(c4ccccc4c2=NC2=NC(=N3)c3ccccc32)=N1. The van der Waals surface area contributed by atoms with E-state index in [1.807, 2.05) is 84.9 Å². The number of amidine groups is 4. The Bertz CT molecular complexity index is 2610. The molecule has 0 saturated heterocycles. The van der Waals surface area contributed by atoms with Gasteiger partial charge in [0.1, 0.15) is 17.4 Å². The molecule has 0 amide bonds. The van der Waals surface area contributed by atoms with Gasteiger partial charge in [-0.05, 0) is 12.1 Å². The van der Waals surface area contributed by atoms with E-state index in [2.05, 4.69) is 4.98 Å². The Kier molecular flexibility index (Phi) is 3.93. The average molecular weight is 570 g/mol. The lowest BCUT2D eigenvalue weighted by molar-refractivity contribution is 0.181. The molecule has 5 aliphatic rings. The van der Waals surface area contributed by atoms with Crippen LogP contribution in [0.4, 0.5) is 11.6 Å². The van der Waals surface area contributed by atoms with Gasteiger partial charge in [0.25, 0.3) is 0 Å². The smallest absolute Gasteiger partial charge is 0.485 e. The first-order valence-corrected chi connectivity index (χ1v) is 14.1. The molecule has 204 valence electrons. The highest BCUT2D eigenvalue weighted by atomic mass is 16.8. The molecule has 2 aromatic heterocycles. The van der Waals surface area contributed by atoms with Crippen molar-refractivity contribution in [3.05, 3.63) is 118 Å². The molecule has 10 bridgehead atoms. The van der Waals surface area contributed by atoms with Crippen molar-refractivity contribution in [2.75, 3.05) is 0 Å². The van der Waals surface area contributed by atoms with Gasteiger partial charge in [-0.1, -0.05) is 72.8 Å². The highest BCUT2D eigenvalue weighted by Gasteiger charge is 2.42. The number of fused-ring (bicyclic) bond motifs is 11. The lowest BCUT2D eigenvalue weighted by Crippen LogP contribution is -2.46. The number of hydrogen-bond acceptors (Lipinski definition) is 9. The Morgan fingerprint density at radius 1 is 0.523 bits per heavy atom. The first-order valence-electron chi connectivity index (χ1n) is 14.1. The standard InChI is InChI=1S/C32H15BN8O3/c1-3-9-17-15(7-1)25-34-27(17)39-31-19-11-5-6-12-20(19)32-40-28-18-10-4-2-8-16(18)26(35-28)37-30-23-21(29(36-25)38-30)13-14-22-24(23)43-33(42-22)44-41(31)32/h1-14H,(H,34,35,36,37,38,39,40). The van der Waals surface area contributed by atoms with E-state index in [1.54, 1.807) is 4.73 Å². The van der Waals surface area contributed by atoms with Crippen molar-refractivity contribution in [1.29, 1.82) is 0 Å². The maximum atomic E-state index is 6.52. The minimum Gasteiger partial charge on any atom is -0.485 e. The molecule has 4 aromatic carbocycles. The molecule has 0 saturated carbocycles. The molecule has 11 rings (SSSR count). The average Bonchev–Trinajstić information content (AvgIpc) is 3.84. The van der Waals surface area contributed by atoms with Crippen LogP contribution in [0.2, 0.25) is 0 Å². The van der Waals surface area contributed by atoms with Gasteiger partial charge in [0.05, 0.1) is 5.39 Å². The van der Waals surface area contributed by atoms with Gasteiger partial charge in [0.15, 0.2) is 40.1 Å². The number of aromatic nitrogens is 2. The zero-order chi connectivity index (χ0) is 28.5. The van der Waals surface area contributed by atoms with E-state index < -0.39 is 7.32 Å². The Hall–Kier alpha value is -6.30. The number of benzene rings is 4. The van der Waals surface area contributed by atoms with E-state index >= 15 is 0 Å². The fourth-order valence-electron chi connectivity index (χ4n) is 6.42. The van der Waals surface area contributed by atoms with Gasteiger partial charge in [0.2, 0.25) is 0 Å². The molecule has 5 aliphatic heterocycles. The summed E-state index contributed by atoms with van der Waals surface area (Å²) in [4.78, 5) is 33.7. The van der Waals surface area contributed by atoms with E-state index in [0.717, 1.165) is 38.4 Å². The lowest BCUT2D eigenvalue weighted by Gasteiger charge is -2.09. The molecule has 0 radical (unpaired) electrons. The Labute approximate surface area is 247 Å². The number of hydrogen-bond donors (Lipinski definition) is 1. The van der Waals surface area contributed by atoms with Crippen LogP contribution >= 0.6 is 0 Å². The Morgan fingerprint density at radius 2 is 1.07 bits per heavy atom. The minimum absolute atomic E-state index is 0.482. The first kappa shape index (κ1) is 22.3. The van der Waals surface area contributed by atoms with Crippen molar-refractivity contribution >= 4 is 63.8 Å². The lowest BCUT2D eigenvalue weighted by atomic mass is 10.1. The van der Waals surface area contributed by atoms with Crippen molar-refractivity contribution in [3.63, 3.8) is 0 Å². The third kappa shape index (κ3) is 2.81. The van der Waals surface area contributed by atoms with Gasteiger partial charge < -0.3 is 19.0 Å². The minimum atomic E-state index is -1.13. The van der Waals surface area contributed by atoms with Crippen LogP contribution in [0.15, 0.2) is 115 Å². The molecule has 0 spiro atoms. The summed E-state index contributed by atoms with van der Waals surface area (Å²) < 4.78 is 20.6. The molecular formula is C32H15BN8O3. The maximum Gasteiger partial charge on any atom is 0.885 e. The van der Waals surface area contributed by atoms with Gasteiger partial charge >= 0.3 is 7.32 Å². The van der Waals surface area contributed by atoms with Gasteiger partial charge in [-0.3, -0.25) is 0 Å². The maximum absolute atomic E-state index is 6.52. The second-order valence-electron chi connectivity index (χ2n) is 10.8. The van der Waals surface area contributed by atoms with Gasteiger partial charge in [0, 0.05) is 38.4 Å². The summed E-state index contributed by atoms with van der Waals surface area (Å²) in [5, 5.41) is 3.11. The highest BCUT2D eigenvalue weighted by molar-refractivity contribution is 6.41. The number of aliphatic imine (C=N–C) groups is 4. The van der Waals surface area contributed by atoms with E-state index in [0.29, 0.717) is 62.8 Å². The summed E-state index contributed by atoms with van der Waals surface area (Å²) in [5.41, 5.74) is 4.41. The van der Waals surface area contributed by atoms with Gasteiger partial charge in [-0.15, -0.1) is 0 Å². The molecule has 0 unspecified atom stereocenters. The molecule has 0 fully saturated rings. The van der Waals surface area contributed by atoms with Crippen LogP contribution in [-0.4, -0.2) is 40.4 Å². The second-order valence-corrected chi connectivity index (χ2v) is 10.8. The second kappa shape index (κ2) is 7.75. The third-order valence-electron chi connectivity index (χ3n) is 8.37. The zero-order valence-electron chi connectivity index (χ0n) is 22.5. The molecule has 0 atom stereocenters. The Balaban J connectivity index is 1.39. The van der Waals surface area contributed by atoms with Crippen molar-refractivity contribution in [2.24, 2.45) is 30.0 Å². The monoisotopic (exact) mass is 570 g/mol. The van der Waals surface area contributed by atoms with Crippen molar-refractivity contribution in [3.8, 4) is 11.5 Å². The number of nitrogens with one attached hydrogen (secondary N) is 1. The fourth-order valence-corrected chi connectivity index (χ4v) is 6.42. The van der Waals surface area contributed by atoms with Crippen molar-refractivity contribution in [1.82, 2.24) is 9.71 Å². The topological polar surface area (TPSA) is 123 Å². The zero-order valence-corrected chi connectivity index (χ0v) is 22.5. The summed E-state index contributed by atoms with van der Waals surface area (Å²) in [6.07, 6.45) is 0. The first-order chi connectivity index (χ1) is 21.8. The molecule has 11 nitrogen and oxygen atoms in total. The van der Waals surface area contributed by atoms with Crippen LogP contribution in [0, 0.1) is 0 Å². The molecule has 0 aliphatic carbocycles. The molecule has 1 N–H and O–H groups in total. The van der Waals surface area contributed by atoms with Crippen LogP contribution in [0.1, 0.15) is 22.3 Å². The van der Waals surface area contributed by atoms with Crippen LogP contribution in [0.5, 0.6) is 11.5 Å². The third-order valence-corrected chi connectivity index (χ3v) is 8.37. The van der Waals surface area contributed by atoms with Gasteiger partial charge in [-0.25, -0.2) is 30.0 Å². The largest absolute Gasteiger partial charge is 0.885 e. The molecular weight excluding hydrogens is 555 g/mol. The van der Waals surface area contributed by atoms with E-state index in [-0.39, 0.29) is 0 Å². The van der Waals surface area contributed by atoms with Crippen molar-refractivity contribution in [2.45, 2.75) is 0 Å². The summed E-state index contributed by atoms with van der Waals surface area (Å²) in [6.45, 7) is 0. The van der Waals surface area contributed by atoms with E-state index in [4.69, 9.17) is 44.0 Å². The summed E-state index contributed by atoms with van der Waals surface area (Å²) >= 11 is 0. The molecule has 7 heterocycles. The summed E-state index contributed by atoms with van der Waals surface area (Å²) in [7, 11) is -1.13. The van der Waals surface area contributed by atoms with Crippen LogP contribution in [-0.2, 0) is 0 Å². The number of rotatable bonds is 0. The summed E-state index contributed by atoms with van der Waals surface area (Å²) in [5.74, 6) is 4.15. The number of nitrogens with zero attached hydrogens (tertiary/aromatic N) is 7. The normalized spacial score (nSPS) is 16.2. The predicted octanol–water partition coefficient (Wildman–Crippen LogP) is 3.95. The van der Waals surface area contributed by atoms with Crippen molar-refractivity contribution < 1.29 is 14.1 Å². The van der Waals surface area contributed by atoms with Crippen LogP contribution in [0.3, 0.4) is 0 Å². The predicted molar refractivity (Wildman–Crippen MR) is 164 cm³/mol. The molecule has 12 heteroatoms. The van der Waals surface area contributed by atoms with E-state index in [1.165, 1.54) is 0 Å². The van der Waals surface area contributed by atoms with Gasteiger partial charge in [-0.2, -0.15) is 4.73 Å². The molecule has 6 aromatic rings. The summed E-state index contributed by atoms with van der Waals surface area (Å²) in [6, 6.07) is 27.5. The Morgan fingerprint density at radius 3 is 1.68 bits per heavy atom. The number of H-pyrrole nitrogens is 1. The number of aromatic amines is 1. The van der Waals surface area contributed by atoms with E-state index in [9.17, 15) is 0 Å². The molecule has 44 heavy (non-hydrogen) atoms. The fraction of sp³-hybridized carbons (Fsp3) is 0. The quantitative estimate of drug-likeness (QED) is 0.278. The van der Waals surface area contributed by atoms with Crippen LogP contribution in [0.25, 0.3) is 21.5 Å². The highest BCUT2D eigenvalue weighted by Crippen LogP contribution is 2.48.